The second-order valence-electron chi connectivity index (χ2n) is 4.75. The third kappa shape index (κ3) is 2.85. The molecule has 1 aliphatic heterocycles. The first kappa shape index (κ1) is 13.9. The number of carbonyl (C=O) groups is 2. The van der Waals surface area contributed by atoms with Crippen LogP contribution in [0.4, 0.5) is 11.4 Å². The summed E-state index contributed by atoms with van der Waals surface area (Å²) in [6, 6.07) is 12.0. The third-order valence-electron chi connectivity index (χ3n) is 3.11. The number of hydrogen-bond acceptors (Lipinski definition) is 4. The minimum absolute atomic E-state index is 0.179. The molecule has 0 spiro atoms. The Labute approximate surface area is 127 Å². The summed E-state index contributed by atoms with van der Waals surface area (Å²) in [7, 11) is 0. The molecule has 0 fully saturated rings. The molecule has 2 amide bonds. The number of para-hydroxylation sites is 1. The number of nitrogens with one attached hydrogen (secondary N) is 2. The van der Waals surface area contributed by atoms with Gasteiger partial charge in [0.15, 0.2) is 11.5 Å². The zero-order valence-electron chi connectivity index (χ0n) is 11.9. The molecule has 2 aromatic rings. The van der Waals surface area contributed by atoms with Gasteiger partial charge >= 0.3 is 0 Å². The number of fused-ring (bicyclic) bond motifs is 1. The van der Waals surface area contributed by atoms with E-state index >= 15 is 0 Å². The SMILES string of the molecule is CC(=O)Nc1ccccc1C(=O)Nc1ccc2c(c1)OCO2. The molecule has 6 nitrogen and oxygen atoms in total. The van der Waals surface area contributed by atoms with Gasteiger partial charge in [0, 0.05) is 18.7 Å². The van der Waals surface area contributed by atoms with E-state index in [1.807, 2.05) is 0 Å². The van der Waals surface area contributed by atoms with Crippen LogP contribution < -0.4 is 20.1 Å². The van der Waals surface area contributed by atoms with Crippen molar-refractivity contribution in [3.63, 3.8) is 0 Å². The summed E-state index contributed by atoms with van der Waals surface area (Å²) in [6.07, 6.45) is 0. The van der Waals surface area contributed by atoms with Gasteiger partial charge in [0.1, 0.15) is 0 Å². The average Bonchev–Trinajstić information content (AvgIpc) is 2.94. The van der Waals surface area contributed by atoms with Gasteiger partial charge in [0.25, 0.3) is 5.91 Å². The van der Waals surface area contributed by atoms with E-state index in [4.69, 9.17) is 9.47 Å². The molecule has 1 aliphatic rings. The van der Waals surface area contributed by atoms with Crippen molar-refractivity contribution >= 4 is 23.2 Å². The Kier molecular flexibility index (Phi) is 3.65. The summed E-state index contributed by atoms with van der Waals surface area (Å²) in [5.41, 5.74) is 1.44. The Morgan fingerprint density at radius 2 is 1.77 bits per heavy atom. The molecule has 0 aromatic heterocycles. The number of hydrogen-bond donors (Lipinski definition) is 2. The Morgan fingerprint density at radius 1 is 1.00 bits per heavy atom. The number of benzene rings is 2. The Morgan fingerprint density at radius 3 is 2.59 bits per heavy atom. The lowest BCUT2D eigenvalue weighted by Gasteiger charge is -2.10. The van der Waals surface area contributed by atoms with Crippen LogP contribution in [0.3, 0.4) is 0 Å². The number of ether oxygens (including phenoxy) is 2. The van der Waals surface area contributed by atoms with E-state index in [0.29, 0.717) is 28.4 Å². The maximum atomic E-state index is 12.4. The number of amides is 2. The smallest absolute Gasteiger partial charge is 0.257 e. The van der Waals surface area contributed by atoms with Crippen LogP contribution in [0.2, 0.25) is 0 Å². The van der Waals surface area contributed by atoms with Crippen molar-refractivity contribution in [3.05, 3.63) is 48.0 Å². The number of rotatable bonds is 3. The predicted molar refractivity (Wildman–Crippen MR) is 81.3 cm³/mol. The first-order valence-corrected chi connectivity index (χ1v) is 6.71. The molecular weight excluding hydrogens is 284 g/mol. The quantitative estimate of drug-likeness (QED) is 0.913. The lowest BCUT2D eigenvalue weighted by atomic mass is 10.1. The fraction of sp³-hybridized carbons (Fsp3) is 0.125. The lowest BCUT2D eigenvalue weighted by molar-refractivity contribution is -0.114. The summed E-state index contributed by atoms with van der Waals surface area (Å²) in [4.78, 5) is 23.6. The molecule has 6 heteroatoms. The lowest BCUT2D eigenvalue weighted by Crippen LogP contribution is -2.16. The van der Waals surface area contributed by atoms with Crippen molar-refractivity contribution in [2.75, 3.05) is 17.4 Å². The largest absolute Gasteiger partial charge is 0.454 e. The first-order valence-electron chi connectivity index (χ1n) is 6.71. The van der Waals surface area contributed by atoms with Gasteiger partial charge in [0.2, 0.25) is 12.7 Å². The van der Waals surface area contributed by atoms with Crippen LogP contribution in [0.15, 0.2) is 42.5 Å². The van der Waals surface area contributed by atoms with Crippen molar-refractivity contribution in [3.8, 4) is 11.5 Å². The summed E-state index contributed by atoms with van der Waals surface area (Å²) >= 11 is 0. The van der Waals surface area contributed by atoms with Crippen LogP contribution in [0.25, 0.3) is 0 Å². The van der Waals surface area contributed by atoms with Gasteiger partial charge in [-0.2, -0.15) is 0 Å². The van der Waals surface area contributed by atoms with Crippen molar-refractivity contribution in [1.29, 1.82) is 0 Å². The zero-order valence-corrected chi connectivity index (χ0v) is 11.9. The molecule has 22 heavy (non-hydrogen) atoms. The van der Waals surface area contributed by atoms with E-state index in [2.05, 4.69) is 10.6 Å². The van der Waals surface area contributed by atoms with E-state index in [-0.39, 0.29) is 18.6 Å². The summed E-state index contributed by atoms with van der Waals surface area (Å²) in [5, 5.41) is 5.41. The normalized spacial score (nSPS) is 11.9. The minimum atomic E-state index is -0.316. The van der Waals surface area contributed by atoms with Gasteiger partial charge in [-0.3, -0.25) is 9.59 Å². The van der Waals surface area contributed by atoms with E-state index in [1.54, 1.807) is 42.5 Å². The average molecular weight is 298 g/mol. The highest BCUT2D eigenvalue weighted by molar-refractivity contribution is 6.10. The highest BCUT2D eigenvalue weighted by Gasteiger charge is 2.16. The van der Waals surface area contributed by atoms with Gasteiger partial charge < -0.3 is 20.1 Å². The monoisotopic (exact) mass is 298 g/mol. The van der Waals surface area contributed by atoms with Crippen molar-refractivity contribution in [2.24, 2.45) is 0 Å². The van der Waals surface area contributed by atoms with Crippen LogP contribution in [-0.4, -0.2) is 18.6 Å². The fourth-order valence-corrected chi connectivity index (χ4v) is 2.15. The van der Waals surface area contributed by atoms with Gasteiger partial charge in [-0.15, -0.1) is 0 Å². The molecule has 0 unspecified atom stereocenters. The van der Waals surface area contributed by atoms with Crippen LogP contribution in [0.1, 0.15) is 17.3 Å². The second kappa shape index (κ2) is 5.77. The molecule has 0 bridgehead atoms. The Hall–Kier alpha value is -3.02. The molecule has 0 saturated heterocycles. The maximum absolute atomic E-state index is 12.4. The molecule has 0 atom stereocenters. The van der Waals surface area contributed by atoms with E-state index in [9.17, 15) is 9.59 Å². The standard InChI is InChI=1S/C16H14N2O4/c1-10(19)17-13-5-3-2-4-12(13)16(20)18-11-6-7-14-15(8-11)22-9-21-14/h2-8H,9H2,1H3,(H,17,19)(H,18,20). The fourth-order valence-electron chi connectivity index (χ4n) is 2.15. The molecule has 0 radical (unpaired) electrons. The molecular formula is C16H14N2O4. The highest BCUT2D eigenvalue weighted by atomic mass is 16.7. The summed E-state index contributed by atoms with van der Waals surface area (Å²) < 4.78 is 10.5. The topological polar surface area (TPSA) is 76.7 Å². The predicted octanol–water partition coefficient (Wildman–Crippen LogP) is 2.63. The van der Waals surface area contributed by atoms with Crippen molar-refractivity contribution in [2.45, 2.75) is 6.92 Å². The van der Waals surface area contributed by atoms with E-state index in [0.717, 1.165) is 0 Å². The minimum Gasteiger partial charge on any atom is -0.454 e. The highest BCUT2D eigenvalue weighted by Crippen LogP contribution is 2.34. The molecule has 112 valence electrons. The van der Waals surface area contributed by atoms with Crippen LogP contribution in [0.5, 0.6) is 11.5 Å². The van der Waals surface area contributed by atoms with Gasteiger partial charge in [-0.05, 0) is 24.3 Å². The van der Waals surface area contributed by atoms with E-state index < -0.39 is 0 Å². The molecule has 3 rings (SSSR count). The molecule has 2 aromatic carbocycles. The number of carbonyl (C=O) groups excluding carboxylic acids is 2. The molecule has 1 heterocycles. The van der Waals surface area contributed by atoms with Crippen molar-refractivity contribution in [1.82, 2.24) is 0 Å². The molecule has 0 saturated carbocycles. The molecule has 0 aliphatic carbocycles. The maximum Gasteiger partial charge on any atom is 0.257 e. The van der Waals surface area contributed by atoms with Crippen LogP contribution in [-0.2, 0) is 4.79 Å². The van der Waals surface area contributed by atoms with Crippen LogP contribution >= 0.6 is 0 Å². The zero-order chi connectivity index (χ0) is 15.5. The summed E-state index contributed by atoms with van der Waals surface area (Å²) in [6.45, 7) is 1.57. The third-order valence-corrected chi connectivity index (χ3v) is 3.11. The van der Waals surface area contributed by atoms with Gasteiger partial charge in [-0.1, -0.05) is 12.1 Å². The van der Waals surface area contributed by atoms with E-state index in [1.165, 1.54) is 6.92 Å². The first-order chi connectivity index (χ1) is 10.6. The summed E-state index contributed by atoms with van der Waals surface area (Å²) in [5.74, 6) is 0.691. The van der Waals surface area contributed by atoms with Gasteiger partial charge in [-0.25, -0.2) is 0 Å². The van der Waals surface area contributed by atoms with Crippen molar-refractivity contribution < 1.29 is 19.1 Å². The van der Waals surface area contributed by atoms with Crippen LogP contribution in [0, 0.1) is 0 Å². The Balaban J connectivity index is 1.81. The van der Waals surface area contributed by atoms with Gasteiger partial charge in [0.05, 0.1) is 11.3 Å². The Bertz CT molecular complexity index is 743. The second-order valence-corrected chi connectivity index (χ2v) is 4.75. The number of anilines is 2. The molecule has 2 N–H and O–H groups in total.